The van der Waals surface area contributed by atoms with E-state index in [0.29, 0.717) is 0 Å². The molecule has 1 rings (SSSR count). The van der Waals surface area contributed by atoms with Crippen molar-refractivity contribution in [1.29, 1.82) is 0 Å². The van der Waals surface area contributed by atoms with Crippen molar-refractivity contribution in [2.75, 3.05) is 11.5 Å². The average molecular weight is 176 g/mol. The molecular formula is C9H20OS. The van der Waals surface area contributed by atoms with Crippen LogP contribution in [0.3, 0.4) is 0 Å². The lowest BCUT2D eigenvalue weighted by atomic mass is 10.0. The first kappa shape index (κ1) is 11.2. The standard InChI is InChI=1S/C7H14OS.C2H6/c1-2-7-3-5-9(8)6-4-7;1-2/h7H,2-6H2,1H3;1-2H3. The molecule has 1 saturated heterocycles. The minimum absolute atomic E-state index is 0.463. The molecule has 0 spiro atoms. The molecule has 0 saturated carbocycles. The maximum absolute atomic E-state index is 10.8. The van der Waals surface area contributed by atoms with Crippen LogP contribution in [0.15, 0.2) is 0 Å². The van der Waals surface area contributed by atoms with E-state index in [4.69, 9.17) is 0 Å². The lowest BCUT2D eigenvalue weighted by Gasteiger charge is -2.18. The van der Waals surface area contributed by atoms with Crippen molar-refractivity contribution in [1.82, 2.24) is 0 Å². The first-order valence-corrected chi connectivity index (χ1v) is 6.16. The van der Waals surface area contributed by atoms with Gasteiger partial charge in [-0.3, -0.25) is 4.21 Å². The highest BCUT2D eigenvalue weighted by atomic mass is 32.2. The van der Waals surface area contributed by atoms with E-state index in [1.807, 2.05) is 13.8 Å². The summed E-state index contributed by atoms with van der Waals surface area (Å²) in [5.41, 5.74) is 0. The summed E-state index contributed by atoms with van der Waals surface area (Å²) in [7, 11) is -0.463. The third-order valence-electron chi connectivity index (χ3n) is 2.08. The molecule has 1 fully saturated rings. The fourth-order valence-corrected chi connectivity index (χ4v) is 2.65. The maximum atomic E-state index is 10.8. The Hall–Kier alpha value is 0.150. The third kappa shape index (κ3) is 4.57. The van der Waals surface area contributed by atoms with Gasteiger partial charge in [0.05, 0.1) is 0 Å². The zero-order valence-electron chi connectivity index (χ0n) is 7.93. The summed E-state index contributed by atoms with van der Waals surface area (Å²) in [6.45, 7) is 6.22. The Morgan fingerprint density at radius 2 is 1.73 bits per heavy atom. The van der Waals surface area contributed by atoms with Crippen molar-refractivity contribution in [3.8, 4) is 0 Å². The second-order valence-electron chi connectivity index (χ2n) is 2.70. The van der Waals surface area contributed by atoms with E-state index in [-0.39, 0.29) is 0 Å². The van der Waals surface area contributed by atoms with E-state index in [9.17, 15) is 4.21 Å². The highest BCUT2D eigenvalue weighted by Crippen LogP contribution is 2.18. The van der Waals surface area contributed by atoms with Crippen LogP contribution in [0.4, 0.5) is 0 Å². The lowest BCUT2D eigenvalue weighted by molar-refractivity contribution is 0.466. The molecule has 0 amide bonds. The van der Waals surface area contributed by atoms with Crippen LogP contribution in [0.25, 0.3) is 0 Å². The van der Waals surface area contributed by atoms with Crippen LogP contribution >= 0.6 is 0 Å². The van der Waals surface area contributed by atoms with Gasteiger partial charge in [0.25, 0.3) is 0 Å². The first-order chi connectivity index (χ1) is 5.33. The highest BCUT2D eigenvalue weighted by molar-refractivity contribution is 7.85. The van der Waals surface area contributed by atoms with Crippen LogP contribution < -0.4 is 0 Å². The molecule has 0 radical (unpaired) electrons. The zero-order chi connectivity index (χ0) is 8.69. The first-order valence-electron chi connectivity index (χ1n) is 4.68. The SMILES string of the molecule is CC.CCC1CCS(=O)CC1. The van der Waals surface area contributed by atoms with Crippen LogP contribution in [-0.4, -0.2) is 15.7 Å². The summed E-state index contributed by atoms with van der Waals surface area (Å²) in [6, 6.07) is 0. The predicted molar refractivity (Wildman–Crippen MR) is 52.2 cm³/mol. The van der Waals surface area contributed by atoms with Gasteiger partial charge in [0.1, 0.15) is 0 Å². The van der Waals surface area contributed by atoms with Gasteiger partial charge in [-0.15, -0.1) is 0 Å². The van der Waals surface area contributed by atoms with Gasteiger partial charge < -0.3 is 0 Å². The quantitative estimate of drug-likeness (QED) is 0.600. The molecule has 1 aliphatic heterocycles. The Morgan fingerprint density at radius 1 is 1.27 bits per heavy atom. The number of hydrogen-bond acceptors (Lipinski definition) is 1. The molecule has 0 atom stereocenters. The molecular weight excluding hydrogens is 156 g/mol. The fourth-order valence-electron chi connectivity index (χ4n) is 1.25. The van der Waals surface area contributed by atoms with Gasteiger partial charge in [-0.1, -0.05) is 27.2 Å². The lowest BCUT2D eigenvalue weighted by Crippen LogP contribution is -2.17. The van der Waals surface area contributed by atoms with Crippen molar-refractivity contribution < 1.29 is 4.21 Å². The van der Waals surface area contributed by atoms with Crippen LogP contribution in [0.2, 0.25) is 0 Å². The molecule has 1 nitrogen and oxygen atoms in total. The second-order valence-corrected chi connectivity index (χ2v) is 4.40. The van der Waals surface area contributed by atoms with Crippen LogP contribution in [-0.2, 0) is 10.8 Å². The van der Waals surface area contributed by atoms with Gasteiger partial charge in [0, 0.05) is 22.3 Å². The van der Waals surface area contributed by atoms with Crippen molar-refractivity contribution in [2.24, 2.45) is 5.92 Å². The fraction of sp³-hybridized carbons (Fsp3) is 1.00. The Morgan fingerprint density at radius 3 is 2.09 bits per heavy atom. The van der Waals surface area contributed by atoms with Crippen molar-refractivity contribution in [2.45, 2.75) is 40.0 Å². The van der Waals surface area contributed by atoms with E-state index < -0.39 is 10.8 Å². The van der Waals surface area contributed by atoms with Gasteiger partial charge >= 0.3 is 0 Å². The Bertz CT molecular complexity index is 102. The third-order valence-corrected chi connectivity index (χ3v) is 3.47. The topological polar surface area (TPSA) is 17.1 Å². The van der Waals surface area contributed by atoms with E-state index in [1.54, 1.807) is 0 Å². The highest BCUT2D eigenvalue weighted by Gasteiger charge is 2.15. The van der Waals surface area contributed by atoms with Gasteiger partial charge in [0.2, 0.25) is 0 Å². The molecule has 0 unspecified atom stereocenters. The molecule has 1 heterocycles. The molecule has 1 aliphatic rings. The van der Waals surface area contributed by atoms with E-state index in [0.717, 1.165) is 17.4 Å². The van der Waals surface area contributed by atoms with E-state index >= 15 is 0 Å². The van der Waals surface area contributed by atoms with Crippen LogP contribution in [0.5, 0.6) is 0 Å². The van der Waals surface area contributed by atoms with Crippen LogP contribution in [0, 0.1) is 5.92 Å². The molecule has 0 N–H and O–H groups in total. The molecule has 11 heavy (non-hydrogen) atoms. The molecule has 0 aromatic rings. The van der Waals surface area contributed by atoms with E-state index in [1.165, 1.54) is 19.3 Å². The van der Waals surface area contributed by atoms with Crippen molar-refractivity contribution >= 4 is 10.8 Å². The molecule has 0 aromatic heterocycles. The van der Waals surface area contributed by atoms with Gasteiger partial charge in [-0.25, -0.2) is 0 Å². The molecule has 0 aliphatic carbocycles. The predicted octanol–water partition coefficient (Wildman–Crippen LogP) is 2.58. The molecule has 0 aromatic carbocycles. The smallest absolute Gasteiger partial charge is 0.0237 e. The Kier molecular flexibility index (Phi) is 6.93. The van der Waals surface area contributed by atoms with Crippen molar-refractivity contribution in [3.63, 3.8) is 0 Å². The van der Waals surface area contributed by atoms with Gasteiger partial charge in [-0.2, -0.15) is 0 Å². The summed E-state index contributed by atoms with van der Waals surface area (Å²) in [5.74, 6) is 2.79. The molecule has 0 bridgehead atoms. The monoisotopic (exact) mass is 176 g/mol. The summed E-state index contributed by atoms with van der Waals surface area (Å²) in [4.78, 5) is 0. The summed E-state index contributed by atoms with van der Waals surface area (Å²) in [5, 5.41) is 0. The minimum atomic E-state index is -0.463. The normalized spacial score (nSPS) is 30.5. The average Bonchev–Trinajstić information content (AvgIpc) is 2.10. The Balaban J connectivity index is 0.000000461. The zero-order valence-corrected chi connectivity index (χ0v) is 8.75. The molecule has 2 heteroatoms. The van der Waals surface area contributed by atoms with Gasteiger partial charge in [-0.05, 0) is 18.8 Å². The number of hydrogen-bond donors (Lipinski definition) is 0. The summed E-state index contributed by atoms with van der Waals surface area (Å²) >= 11 is 0. The molecule has 68 valence electrons. The Labute approximate surface area is 73.0 Å². The summed E-state index contributed by atoms with van der Waals surface area (Å²) in [6.07, 6.45) is 3.67. The van der Waals surface area contributed by atoms with Gasteiger partial charge in [0.15, 0.2) is 0 Å². The largest absolute Gasteiger partial charge is 0.260 e. The number of rotatable bonds is 1. The van der Waals surface area contributed by atoms with Crippen LogP contribution in [0.1, 0.15) is 40.0 Å². The maximum Gasteiger partial charge on any atom is 0.0237 e. The second kappa shape index (κ2) is 6.84. The minimum Gasteiger partial charge on any atom is -0.260 e. The van der Waals surface area contributed by atoms with E-state index in [2.05, 4.69) is 6.92 Å². The summed E-state index contributed by atoms with van der Waals surface area (Å²) < 4.78 is 10.8. The van der Waals surface area contributed by atoms with Crippen molar-refractivity contribution in [3.05, 3.63) is 0 Å².